The van der Waals surface area contributed by atoms with Gasteiger partial charge in [-0.3, -0.25) is 9.59 Å². The Balaban J connectivity index is 2.58. The van der Waals surface area contributed by atoms with Crippen molar-refractivity contribution in [3.63, 3.8) is 0 Å². The molecule has 1 atom stereocenters. The van der Waals surface area contributed by atoms with Crippen LogP contribution in [-0.4, -0.2) is 22.1 Å². The summed E-state index contributed by atoms with van der Waals surface area (Å²) in [5, 5.41) is 3.18. The number of hydrogen-bond acceptors (Lipinski definition) is 3. The number of thiocarbonyl (C=S) groups is 1. The SMILES string of the molecule is CC(=O)CC(C)(C)NC(=S)C1CCCCC1=O. The van der Waals surface area contributed by atoms with Gasteiger partial charge >= 0.3 is 0 Å². The predicted octanol–water partition coefficient (Wildman–Crippen LogP) is 2.42. The summed E-state index contributed by atoms with van der Waals surface area (Å²) in [5.41, 5.74) is -0.360. The third kappa shape index (κ3) is 4.54. The molecule has 1 unspecified atom stereocenters. The summed E-state index contributed by atoms with van der Waals surface area (Å²) >= 11 is 5.31. The summed E-state index contributed by atoms with van der Waals surface area (Å²) in [6.07, 6.45) is 3.95. The van der Waals surface area contributed by atoms with Crippen LogP contribution in [0.25, 0.3) is 0 Å². The fourth-order valence-corrected chi connectivity index (χ4v) is 2.87. The van der Waals surface area contributed by atoms with Gasteiger partial charge in [-0.1, -0.05) is 18.6 Å². The van der Waals surface area contributed by atoms with Crippen LogP contribution in [0.5, 0.6) is 0 Å². The molecule has 0 bridgehead atoms. The molecule has 0 aromatic rings. The maximum atomic E-state index is 11.7. The van der Waals surface area contributed by atoms with Crippen molar-refractivity contribution in [2.45, 2.75) is 58.4 Å². The Bertz CT molecular complexity index is 336. The first-order valence-electron chi connectivity index (χ1n) is 6.16. The van der Waals surface area contributed by atoms with Gasteiger partial charge in [0.2, 0.25) is 0 Å². The van der Waals surface area contributed by atoms with Gasteiger partial charge < -0.3 is 5.32 Å². The lowest BCUT2D eigenvalue weighted by molar-refractivity contribution is -0.122. The second-order valence-corrected chi connectivity index (χ2v) is 5.96. The first-order valence-corrected chi connectivity index (χ1v) is 6.57. The van der Waals surface area contributed by atoms with E-state index in [9.17, 15) is 9.59 Å². The monoisotopic (exact) mass is 255 g/mol. The van der Waals surface area contributed by atoms with E-state index in [0.717, 1.165) is 19.3 Å². The van der Waals surface area contributed by atoms with Gasteiger partial charge in [0, 0.05) is 18.4 Å². The molecule has 0 aromatic heterocycles. The van der Waals surface area contributed by atoms with E-state index in [4.69, 9.17) is 12.2 Å². The molecule has 1 aliphatic rings. The van der Waals surface area contributed by atoms with E-state index in [0.29, 0.717) is 17.8 Å². The minimum absolute atomic E-state index is 0.125. The third-order valence-corrected chi connectivity index (χ3v) is 3.41. The Morgan fingerprint density at radius 2 is 2.12 bits per heavy atom. The van der Waals surface area contributed by atoms with Crippen LogP contribution >= 0.6 is 12.2 Å². The minimum atomic E-state index is -0.360. The summed E-state index contributed by atoms with van der Waals surface area (Å²) < 4.78 is 0. The quantitative estimate of drug-likeness (QED) is 0.784. The van der Waals surface area contributed by atoms with Gasteiger partial charge in [-0.2, -0.15) is 0 Å². The molecule has 1 aliphatic carbocycles. The summed E-state index contributed by atoms with van der Waals surface area (Å²) in [7, 11) is 0. The zero-order chi connectivity index (χ0) is 13.1. The van der Waals surface area contributed by atoms with Crippen molar-refractivity contribution >= 4 is 28.8 Å². The van der Waals surface area contributed by atoms with Crippen LogP contribution in [0.2, 0.25) is 0 Å². The van der Waals surface area contributed by atoms with Crippen molar-refractivity contribution in [2.24, 2.45) is 5.92 Å². The molecule has 1 fully saturated rings. The Morgan fingerprint density at radius 1 is 1.47 bits per heavy atom. The summed E-state index contributed by atoms with van der Waals surface area (Å²) in [5.74, 6) is 0.234. The van der Waals surface area contributed by atoms with E-state index in [2.05, 4.69) is 5.32 Å². The molecule has 0 aromatic carbocycles. The smallest absolute Gasteiger partial charge is 0.142 e. The average molecular weight is 255 g/mol. The van der Waals surface area contributed by atoms with E-state index < -0.39 is 0 Å². The molecule has 0 radical (unpaired) electrons. The lowest BCUT2D eigenvalue weighted by Gasteiger charge is -2.30. The van der Waals surface area contributed by atoms with E-state index in [-0.39, 0.29) is 23.0 Å². The topological polar surface area (TPSA) is 46.2 Å². The van der Waals surface area contributed by atoms with Crippen molar-refractivity contribution in [3.05, 3.63) is 0 Å². The Kier molecular flexibility index (Phi) is 4.80. The summed E-state index contributed by atoms with van der Waals surface area (Å²) in [6.45, 7) is 5.44. The lowest BCUT2D eigenvalue weighted by Crippen LogP contribution is -2.48. The van der Waals surface area contributed by atoms with Crippen molar-refractivity contribution in [3.8, 4) is 0 Å². The van der Waals surface area contributed by atoms with Crippen molar-refractivity contribution < 1.29 is 9.59 Å². The van der Waals surface area contributed by atoms with E-state index in [1.54, 1.807) is 6.92 Å². The van der Waals surface area contributed by atoms with Crippen LogP contribution in [-0.2, 0) is 9.59 Å². The maximum Gasteiger partial charge on any atom is 0.142 e. The molecule has 1 saturated carbocycles. The largest absolute Gasteiger partial charge is 0.374 e. The van der Waals surface area contributed by atoms with Gasteiger partial charge in [-0.05, 0) is 33.6 Å². The zero-order valence-corrected chi connectivity index (χ0v) is 11.7. The highest BCUT2D eigenvalue weighted by molar-refractivity contribution is 7.80. The van der Waals surface area contributed by atoms with Crippen molar-refractivity contribution in [1.29, 1.82) is 0 Å². The molecular formula is C13H21NO2S. The van der Waals surface area contributed by atoms with Crippen LogP contribution in [0.15, 0.2) is 0 Å². The molecule has 17 heavy (non-hydrogen) atoms. The number of rotatable bonds is 4. The van der Waals surface area contributed by atoms with E-state index in [1.165, 1.54) is 0 Å². The van der Waals surface area contributed by atoms with Crippen LogP contribution in [0.3, 0.4) is 0 Å². The first kappa shape index (κ1) is 14.3. The van der Waals surface area contributed by atoms with Crippen LogP contribution in [0.1, 0.15) is 52.9 Å². The fraction of sp³-hybridized carbons (Fsp3) is 0.769. The fourth-order valence-electron chi connectivity index (χ4n) is 2.35. The van der Waals surface area contributed by atoms with Gasteiger partial charge in [0.25, 0.3) is 0 Å². The molecule has 3 nitrogen and oxygen atoms in total. The van der Waals surface area contributed by atoms with Gasteiger partial charge in [0.1, 0.15) is 11.6 Å². The molecule has 0 amide bonds. The van der Waals surface area contributed by atoms with Gasteiger partial charge in [-0.25, -0.2) is 0 Å². The number of carbonyl (C=O) groups is 2. The molecule has 4 heteroatoms. The standard InChI is InChI=1S/C13H21NO2S/c1-9(15)8-13(2,3)14-12(17)10-6-4-5-7-11(10)16/h10H,4-8H2,1-3H3,(H,14,17). The molecule has 0 aliphatic heterocycles. The van der Waals surface area contributed by atoms with Crippen molar-refractivity contribution in [2.75, 3.05) is 0 Å². The molecule has 96 valence electrons. The Labute approximate surface area is 108 Å². The first-order chi connectivity index (χ1) is 7.82. The second kappa shape index (κ2) is 5.71. The minimum Gasteiger partial charge on any atom is -0.374 e. The summed E-state index contributed by atoms with van der Waals surface area (Å²) in [6, 6.07) is 0. The van der Waals surface area contributed by atoms with Crippen LogP contribution < -0.4 is 5.32 Å². The number of Topliss-reactive ketones (excluding diaryl/α,β-unsaturated/α-hetero) is 2. The van der Waals surface area contributed by atoms with Crippen LogP contribution in [0, 0.1) is 5.92 Å². The Hall–Kier alpha value is -0.770. The number of hydrogen-bond donors (Lipinski definition) is 1. The predicted molar refractivity (Wildman–Crippen MR) is 72.1 cm³/mol. The molecule has 1 rings (SSSR count). The third-order valence-electron chi connectivity index (χ3n) is 3.02. The molecular weight excluding hydrogens is 234 g/mol. The zero-order valence-electron chi connectivity index (χ0n) is 10.8. The second-order valence-electron chi connectivity index (χ2n) is 5.52. The normalized spacial score (nSPS) is 21.1. The number of ketones is 2. The highest BCUT2D eigenvalue weighted by Crippen LogP contribution is 2.22. The number of nitrogens with one attached hydrogen (secondary N) is 1. The highest BCUT2D eigenvalue weighted by Gasteiger charge is 2.29. The van der Waals surface area contributed by atoms with Gasteiger partial charge in [0.05, 0.1) is 10.9 Å². The van der Waals surface area contributed by atoms with Gasteiger partial charge in [-0.15, -0.1) is 0 Å². The Morgan fingerprint density at radius 3 is 2.65 bits per heavy atom. The van der Waals surface area contributed by atoms with Crippen LogP contribution in [0.4, 0.5) is 0 Å². The highest BCUT2D eigenvalue weighted by atomic mass is 32.1. The molecule has 0 saturated heterocycles. The molecule has 0 spiro atoms. The van der Waals surface area contributed by atoms with E-state index in [1.807, 2.05) is 13.8 Å². The molecule has 1 N–H and O–H groups in total. The average Bonchev–Trinajstić information content (AvgIpc) is 2.14. The van der Waals surface area contributed by atoms with Gasteiger partial charge in [0.15, 0.2) is 0 Å². The number of carbonyl (C=O) groups excluding carboxylic acids is 2. The van der Waals surface area contributed by atoms with E-state index >= 15 is 0 Å². The van der Waals surface area contributed by atoms with Crippen molar-refractivity contribution in [1.82, 2.24) is 5.32 Å². The molecule has 0 heterocycles. The maximum absolute atomic E-state index is 11.7. The summed E-state index contributed by atoms with van der Waals surface area (Å²) in [4.78, 5) is 23.5. The lowest BCUT2D eigenvalue weighted by atomic mass is 9.86.